The van der Waals surface area contributed by atoms with E-state index in [9.17, 15) is 14.4 Å². The Kier molecular flexibility index (Phi) is 3.95. The monoisotopic (exact) mass is 350 g/mol. The van der Waals surface area contributed by atoms with Crippen LogP contribution in [0.4, 0.5) is 11.4 Å². The number of nitrogens with one attached hydrogen (secondary N) is 1. The van der Waals surface area contributed by atoms with Gasteiger partial charge in [-0.25, -0.2) is 0 Å². The van der Waals surface area contributed by atoms with Crippen molar-refractivity contribution in [2.24, 2.45) is 0 Å². The van der Waals surface area contributed by atoms with Crippen molar-refractivity contribution >= 4 is 29.2 Å². The van der Waals surface area contributed by atoms with Gasteiger partial charge in [0.25, 0.3) is 5.91 Å². The van der Waals surface area contributed by atoms with Crippen LogP contribution < -0.4 is 15.0 Å². The molecule has 0 saturated carbocycles. The van der Waals surface area contributed by atoms with E-state index in [4.69, 9.17) is 4.74 Å². The number of ether oxygens (including phenoxy) is 1. The average Bonchev–Trinajstić information content (AvgIpc) is 3.03. The van der Waals surface area contributed by atoms with Crippen molar-refractivity contribution in [3.63, 3.8) is 0 Å². The maximum absolute atomic E-state index is 12.7. The van der Waals surface area contributed by atoms with Gasteiger partial charge < -0.3 is 15.0 Å². The summed E-state index contributed by atoms with van der Waals surface area (Å²) in [6, 6.07) is 10.5. The molecule has 0 unspecified atom stereocenters. The molecule has 0 aromatic heterocycles. The topological polar surface area (TPSA) is 75.7 Å². The molecule has 2 aliphatic rings. The zero-order valence-corrected chi connectivity index (χ0v) is 14.4. The van der Waals surface area contributed by atoms with Crippen LogP contribution in [-0.2, 0) is 22.4 Å². The van der Waals surface area contributed by atoms with Crippen molar-refractivity contribution in [1.82, 2.24) is 0 Å². The zero-order valence-electron chi connectivity index (χ0n) is 14.4. The summed E-state index contributed by atoms with van der Waals surface area (Å²) >= 11 is 0. The Morgan fingerprint density at radius 2 is 1.81 bits per heavy atom. The fraction of sp³-hybridized carbons (Fsp3) is 0.250. The molecule has 2 heterocycles. The van der Waals surface area contributed by atoms with Crippen LogP contribution in [0.15, 0.2) is 36.4 Å². The largest absolute Gasteiger partial charge is 0.426 e. The summed E-state index contributed by atoms with van der Waals surface area (Å²) in [5, 5.41) is 2.89. The third-order valence-electron chi connectivity index (χ3n) is 4.69. The Labute approximate surface area is 150 Å². The number of hydrogen-bond acceptors (Lipinski definition) is 4. The molecule has 132 valence electrons. The summed E-state index contributed by atoms with van der Waals surface area (Å²) in [7, 11) is 0. The zero-order chi connectivity index (χ0) is 18.3. The minimum Gasteiger partial charge on any atom is -0.426 e. The highest BCUT2D eigenvalue weighted by Crippen LogP contribution is 2.38. The van der Waals surface area contributed by atoms with Crippen LogP contribution in [0.2, 0.25) is 0 Å². The van der Waals surface area contributed by atoms with E-state index in [0.717, 1.165) is 23.2 Å². The third kappa shape index (κ3) is 2.83. The second-order valence-corrected chi connectivity index (χ2v) is 6.48. The van der Waals surface area contributed by atoms with Crippen LogP contribution in [-0.4, -0.2) is 24.3 Å². The number of carbonyl (C=O) groups excluding carboxylic acids is 3. The van der Waals surface area contributed by atoms with Gasteiger partial charge in [0, 0.05) is 25.6 Å². The number of rotatable bonds is 3. The molecule has 2 aromatic rings. The van der Waals surface area contributed by atoms with Gasteiger partial charge in [-0.05, 0) is 48.2 Å². The Balaban J connectivity index is 1.62. The molecule has 26 heavy (non-hydrogen) atoms. The van der Waals surface area contributed by atoms with Gasteiger partial charge in [0.1, 0.15) is 5.75 Å². The van der Waals surface area contributed by atoms with Crippen molar-refractivity contribution in [3.8, 4) is 5.75 Å². The van der Waals surface area contributed by atoms with E-state index in [0.29, 0.717) is 30.6 Å². The van der Waals surface area contributed by atoms with Gasteiger partial charge in [0.05, 0.1) is 11.3 Å². The average molecular weight is 350 g/mol. The Morgan fingerprint density at radius 1 is 1.08 bits per heavy atom. The lowest BCUT2D eigenvalue weighted by Crippen LogP contribution is -2.32. The normalized spacial score (nSPS) is 14.8. The first-order chi connectivity index (χ1) is 12.5. The minimum atomic E-state index is -0.475. The molecule has 1 N–H and O–H groups in total. The van der Waals surface area contributed by atoms with Gasteiger partial charge in [-0.2, -0.15) is 0 Å². The lowest BCUT2D eigenvalue weighted by Gasteiger charge is -2.25. The maximum Gasteiger partial charge on any atom is 0.308 e. The van der Waals surface area contributed by atoms with Crippen molar-refractivity contribution in [1.29, 1.82) is 0 Å². The van der Waals surface area contributed by atoms with E-state index in [1.807, 2.05) is 17.0 Å². The fourth-order valence-corrected chi connectivity index (χ4v) is 3.63. The van der Waals surface area contributed by atoms with Crippen LogP contribution in [0, 0.1) is 0 Å². The second kappa shape index (κ2) is 6.29. The van der Waals surface area contributed by atoms with Crippen LogP contribution in [0.25, 0.3) is 0 Å². The van der Waals surface area contributed by atoms with Gasteiger partial charge in [0.15, 0.2) is 0 Å². The third-order valence-corrected chi connectivity index (χ3v) is 4.69. The first-order valence-corrected chi connectivity index (χ1v) is 8.58. The van der Waals surface area contributed by atoms with Crippen LogP contribution in [0.1, 0.15) is 34.8 Å². The molecule has 4 rings (SSSR count). The Bertz CT molecular complexity index is 935. The highest BCUT2D eigenvalue weighted by atomic mass is 16.5. The van der Waals surface area contributed by atoms with Gasteiger partial charge in [-0.15, -0.1) is 0 Å². The summed E-state index contributed by atoms with van der Waals surface area (Å²) in [6.45, 7) is 2.00. The number of para-hydroxylation sites is 1. The highest BCUT2D eigenvalue weighted by molar-refractivity contribution is 6.07. The molecule has 0 spiro atoms. The number of nitrogens with zero attached hydrogens (tertiary/aromatic N) is 1. The molecular formula is C20H18N2O4. The van der Waals surface area contributed by atoms with E-state index in [1.54, 1.807) is 24.3 Å². The van der Waals surface area contributed by atoms with E-state index >= 15 is 0 Å². The van der Waals surface area contributed by atoms with E-state index in [-0.39, 0.29) is 17.6 Å². The molecule has 6 heteroatoms. The lowest BCUT2D eigenvalue weighted by atomic mass is 9.98. The Hall–Kier alpha value is -3.15. The van der Waals surface area contributed by atoms with Crippen molar-refractivity contribution in [2.75, 3.05) is 16.8 Å². The van der Waals surface area contributed by atoms with Gasteiger partial charge in [0.2, 0.25) is 5.91 Å². The number of benzene rings is 2. The smallest absolute Gasteiger partial charge is 0.308 e. The highest BCUT2D eigenvalue weighted by Gasteiger charge is 2.31. The molecular weight excluding hydrogens is 332 g/mol. The first kappa shape index (κ1) is 16.3. The summed E-state index contributed by atoms with van der Waals surface area (Å²) in [6.07, 6.45) is 1.98. The van der Waals surface area contributed by atoms with E-state index in [2.05, 4.69) is 5.32 Å². The molecule has 0 aliphatic carbocycles. The second-order valence-electron chi connectivity index (χ2n) is 6.48. The summed E-state index contributed by atoms with van der Waals surface area (Å²) in [5.41, 5.74) is 4.17. The molecule has 6 nitrogen and oxygen atoms in total. The maximum atomic E-state index is 12.7. The quantitative estimate of drug-likeness (QED) is 0.682. The number of amides is 2. The van der Waals surface area contributed by atoms with Gasteiger partial charge >= 0.3 is 5.97 Å². The minimum absolute atomic E-state index is 0.170. The molecule has 0 fully saturated rings. The van der Waals surface area contributed by atoms with E-state index in [1.165, 1.54) is 6.92 Å². The van der Waals surface area contributed by atoms with Crippen LogP contribution >= 0.6 is 0 Å². The molecule has 2 aliphatic heterocycles. The molecule has 0 bridgehead atoms. The predicted octanol–water partition coefficient (Wildman–Crippen LogP) is 2.70. The SMILES string of the molecule is CC(=O)Oc1ccccc1C(=O)Nc1cc2c3c(c1)CCN3C(=O)CC2. The first-order valence-electron chi connectivity index (χ1n) is 8.58. The standard InChI is InChI=1S/C20H18N2O4/c1-12(23)26-17-5-3-2-4-16(17)20(25)21-15-10-13-6-7-18(24)22-9-8-14(11-15)19(13)22/h2-5,10-11H,6-9H2,1H3,(H,21,25). The van der Waals surface area contributed by atoms with Crippen molar-refractivity contribution in [2.45, 2.75) is 26.2 Å². The predicted molar refractivity (Wildman–Crippen MR) is 96.5 cm³/mol. The molecule has 0 saturated heterocycles. The van der Waals surface area contributed by atoms with Crippen LogP contribution in [0.5, 0.6) is 5.75 Å². The van der Waals surface area contributed by atoms with Crippen molar-refractivity contribution in [3.05, 3.63) is 53.1 Å². The fourth-order valence-electron chi connectivity index (χ4n) is 3.63. The van der Waals surface area contributed by atoms with Gasteiger partial charge in [-0.1, -0.05) is 12.1 Å². The number of aryl methyl sites for hydroxylation is 1. The molecule has 2 amide bonds. The summed E-state index contributed by atoms with van der Waals surface area (Å²) in [5.74, 6) is -0.409. The number of anilines is 2. The van der Waals surface area contributed by atoms with Gasteiger partial charge in [-0.3, -0.25) is 14.4 Å². The van der Waals surface area contributed by atoms with E-state index < -0.39 is 5.97 Å². The van der Waals surface area contributed by atoms with Crippen LogP contribution in [0.3, 0.4) is 0 Å². The number of esters is 1. The summed E-state index contributed by atoms with van der Waals surface area (Å²) in [4.78, 5) is 37.8. The molecule has 2 aromatic carbocycles. The molecule has 0 radical (unpaired) electrons. The summed E-state index contributed by atoms with van der Waals surface area (Å²) < 4.78 is 5.11. The Morgan fingerprint density at radius 3 is 2.58 bits per heavy atom. The number of hydrogen-bond donors (Lipinski definition) is 1. The molecule has 0 atom stereocenters. The lowest BCUT2D eigenvalue weighted by molar-refractivity contribution is -0.131. The number of carbonyl (C=O) groups is 3. The van der Waals surface area contributed by atoms with Crippen molar-refractivity contribution < 1.29 is 19.1 Å².